The zero-order valence-corrected chi connectivity index (χ0v) is 45.7. The van der Waals surface area contributed by atoms with Crippen molar-refractivity contribution in [3.8, 4) is 0 Å². The molecule has 0 aliphatic heterocycles. The van der Waals surface area contributed by atoms with Crippen LogP contribution in [0.4, 0.5) is 0 Å². The molecule has 1 N–H and O–H groups in total. The third kappa shape index (κ3) is 43.5. The maximum atomic E-state index is 11.2. The van der Waals surface area contributed by atoms with E-state index < -0.39 is 15.6 Å². The third-order valence-electron chi connectivity index (χ3n) is 11.9. The van der Waals surface area contributed by atoms with Crippen molar-refractivity contribution < 1.29 is 41.6 Å². The molecule has 0 bridgehead atoms. The highest BCUT2D eigenvalue weighted by Gasteiger charge is 2.26. The molecule has 0 fully saturated rings. The molecule has 0 radical (unpaired) electrons. The Hall–Kier alpha value is -0.860. The van der Waals surface area contributed by atoms with Crippen LogP contribution in [0.15, 0.2) is 46.6 Å². The molecule has 376 valence electrons. The minimum atomic E-state index is -5.39. The van der Waals surface area contributed by atoms with E-state index in [-0.39, 0.29) is 6.61 Å². The topological polar surface area (TPSA) is 119 Å². The molecule has 63 heavy (non-hydrogen) atoms. The fourth-order valence-corrected chi connectivity index (χ4v) is 9.15. The standard InChI is InChI=1S/C20H36O7P2.2C16H36N/c1-17(2)9-6-10-18(3)11-7-12-19(4)13-8-14-20(5)15-16-26-29(24,25)27-28(21,22)23;2*1-5-9-13-17(14-10-6-2,15-11-7-3)16-12-8-4/h9,11,13,15H,6-8,10,12,14,16H2,1-5H3,(H,24,25)(H2,21,22,23);2*5-16H2,1-4H3/q;2*+1/p-2/b18-11+,19-13+,20-15+;;. The Morgan fingerprint density at radius 1 is 0.460 bits per heavy atom. The Morgan fingerprint density at radius 2 is 0.714 bits per heavy atom. The molecule has 0 rings (SSSR count). The van der Waals surface area contributed by atoms with Crippen LogP contribution < -0.4 is 9.79 Å². The number of hydrogen-bond acceptors (Lipinski definition) is 6. The van der Waals surface area contributed by atoms with Gasteiger partial charge in [0.2, 0.25) is 0 Å². The van der Waals surface area contributed by atoms with E-state index >= 15 is 0 Å². The molecule has 0 heterocycles. The number of phosphoric ester groups is 1. The lowest BCUT2D eigenvalue weighted by molar-refractivity contribution is -0.929. The second kappa shape index (κ2) is 42.5. The van der Waals surface area contributed by atoms with Gasteiger partial charge < -0.3 is 28.2 Å². The first-order valence-electron chi connectivity index (χ1n) is 25.8. The Labute approximate surface area is 392 Å². The summed E-state index contributed by atoms with van der Waals surface area (Å²) in [6, 6.07) is 0. The van der Waals surface area contributed by atoms with Crippen LogP contribution in [0.1, 0.15) is 231 Å². The lowest BCUT2D eigenvalue weighted by Crippen LogP contribution is -2.50. The summed E-state index contributed by atoms with van der Waals surface area (Å²) in [5.74, 6) is 0. The Morgan fingerprint density at radius 3 is 0.952 bits per heavy atom. The fraction of sp³-hybridized carbons (Fsp3) is 0.846. The van der Waals surface area contributed by atoms with E-state index in [1.807, 2.05) is 6.92 Å². The number of unbranched alkanes of at least 4 members (excludes halogenated alkanes) is 8. The van der Waals surface area contributed by atoms with Crippen molar-refractivity contribution in [2.24, 2.45) is 0 Å². The van der Waals surface area contributed by atoms with Gasteiger partial charge in [0.1, 0.15) is 0 Å². The Balaban J connectivity index is -0.000000912. The van der Waals surface area contributed by atoms with Gasteiger partial charge in [-0.25, -0.2) is 4.31 Å². The second-order valence-corrected chi connectivity index (χ2v) is 21.4. The van der Waals surface area contributed by atoms with Crippen molar-refractivity contribution in [3.05, 3.63) is 46.6 Å². The van der Waals surface area contributed by atoms with Crippen LogP contribution in [0.2, 0.25) is 0 Å². The van der Waals surface area contributed by atoms with Crippen LogP contribution in [0.3, 0.4) is 0 Å². The SMILES string of the molecule is CC(C)=CCC/C(C)=C/CC/C(C)=C/CC/C(C)=C/COP(=O)([O-])OP(=O)([O-])O.CCCC[N+](CCCC)(CCCC)CCCC.CCCC[N+](CCCC)(CCCC)CCCC. The van der Waals surface area contributed by atoms with E-state index in [0.29, 0.717) is 0 Å². The quantitative estimate of drug-likeness (QED) is 0.0372. The van der Waals surface area contributed by atoms with Crippen molar-refractivity contribution in [2.75, 3.05) is 59.0 Å². The van der Waals surface area contributed by atoms with Crippen LogP contribution >= 0.6 is 15.6 Å². The molecule has 0 saturated heterocycles. The maximum absolute atomic E-state index is 11.2. The molecule has 0 saturated carbocycles. The fourth-order valence-electron chi connectivity index (χ4n) is 7.70. The van der Waals surface area contributed by atoms with Gasteiger partial charge in [0.25, 0.3) is 15.6 Å². The third-order valence-corrected chi connectivity index (χ3v) is 14.0. The highest BCUT2D eigenvalue weighted by atomic mass is 31.3. The Kier molecular flexibility index (Phi) is 44.8. The van der Waals surface area contributed by atoms with E-state index in [1.165, 1.54) is 187 Å². The van der Waals surface area contributed by atoms with Crippen molar-refractivity contribution in [2.45, 2.75) is 231 Å². The average Bonchev–Trinajstić information content (AvgIpc) is 3.22. The van der Waals surface area contributed by atoms with Gasteiger partial charge in [-0.2, -0.15) is 0 Å². The lowest BCUT2D eigenvalue weighted by atomic mass is 10.0. The largest absolute Gasteiger partial charge is 0.756 e. The normalized spacial score (nSPS) is 14.6. The monoisotopic (exact) mass is 933 g/mol. The summed E-state index contributed by atoms with van der Waals surface area (Å²) >= 11 is 0. The lowest BCUT2D eigenvalue weighted by Gasteiger charge is -2.39. The molecular formula is C52H106N2O7P2. The molecule has 0 amide bonds. The number of allylic oxidation sites excluding steroid dienone is 7. The predicted molar refractivity (Wildman–Crippen MR) is 272 cm³/mol. The summed E-state index contributed by atoms with van der Waals surface area (Å²) in [6.45, 7) is 40.0. The van der Waals surface area contributed by atoms with Crippen LogP contribution in [0, 0.1) is 0 Å². The van der Waals surface area contributed by atoms with E-state index in [1.54, 1.807) is 0 Å². The first kappa shape index (κ1) is 66.4. The summed E-state index contributed by atoms with van der Waals surface area (Å²) < 4.78 is 32.3. The molecule has 11 heteroatoms. The first-order valence-corrected chi connectivity index (χ1v) is 28.8. The molecule has 2 unspecified atom stereocenters. The summed E-state index contributed by atoms with van der Waals surface area (Å²) in [5, 5.41) is 0. The zero-order chi connectivity index (χ0) is 48.5. The minimum Gasteiger partial charge on any atom is -0.756 e. The molecule has 0 aromatic heterocycles. The summed E-state index contributed by atoms with van der Waals surface area (Å²) in [5.41, 5.74) is 4.96. The van der Waals surface area contributed by atoms with Crippen molar-refractivity contribution in [1.82, 2.24) is 0 Å². The van der Waals surface area contributed by atoms with Gasteiger partial charge in [-0.3, -0.25) is 9.13 Å². The van der Waals surface area contributed by atoms with Gasteiger partial charge >= 0.3 is 0 Å². The van der Waals surface area contributed by atoms with E-state index in [9.17, 15) is 18.9 Å². The van der Waals surface area contributed by atoms with Crippen LogP contribution in [0.5, 0.6) is 0 Å². The molecule has 0 aromatic carbocycles. The van der Waals surface area contributed by atoms with Gasteiger partial charge in [0, 0.05) is 0 Å². The van der Waals surface area contributed by atoms with Gasteiger partial charge in [-0.05, 0) is 125 Å². The molecular weight excluding hydrogens is 827 g/mol. The van der Waals surface area contributed by atoms with Crippen molar-refractivity contribution in [3.63, 3.8) is 0 Å². The van der Waals surface area contributed by atoms with Gasteiger partial charge in [-0.15, -0.1) is 0 Å². The molecule has 0 aromatic rings. The molecule has 2 atom stereocenters. The summed E-state index contributed by atoms with van der Waals surface area (Å²) in [4.78, 5) is 30.0. The van der Waals surface area contributed by atoms with E-state index in [4.69, 9.17) is 4.89 Å². The maximum Gasteiger partial charge on any atom is 0.274 e. The molecule has 0 spiro atoms. The smallest absolute Gasteiger partial charge is 0.274 e. The van der Waals surface area contributed by atoms with Crippen LogP contribution in [-0.2, 0) is 18.0 Å². The highest BCUT2D eigenvalue weighted by Crippen LogP contribution is 2.52. The molecule has 0 aliphatic carbocycles. The van der Waals surface area contributed by atoms with E-state index in [2.05, 4.69) is 110 Å². The summed E-state index contributed by atoms with van der Waals surface area (Å²) in [7, 11) is -10.5. The predicted octanol–water partition coefficient (Wildman–Crippen LogP) is 15.1. The van der Waals surface area contributed by atoms with Crippen molar-refractivity contribution >= 4 is 15.6 Å². The first-order chi connectivity index (χ1) is 29.8. The number of rotatable bonds is 38. The zero-order valence-electron chi connectivity index (χ0n) is 43.9. The summed E-state index contributed by atoms with van der Waals surface area (Å²) in [6.07, 6.45) is 36.1. The minimum absolute atomic E-state index is 0.355. The number of quaternary nitrogens is 2. The van der Waals surface area contributed by atoms with E-state index in [0.717, 1.165) is 44.1 Å². The van der Waals surface area contributed by atoms with Crippen LogP contribution in [-0.4, -0.2) is 72.8 Å². The number of phosphoric acid groups is 2. The highest BCUT2D eigenvalue weighted by molar-refractivity contribution is 7.59. The second-order valence-electron chi connectivity index (χ2n) is 18.6. The van der Waals surface area contributed by atoms with Crippen molar-refractivity contribution in [1.29, 1.82) is 0 Å². The van der Waals surface area contributed by atoms with Gasteiger partial charge in [-0.1, -0.05) is 153 Å². The van der Waals surface area contributed by atoms with Gasteiger partial charge in [0.15, 0.2) is 0 Å². The molecule has 0 aliphatic rings. The number of nitrogens with zero attached hydrogens (tertiary/aromatic N) is 2. The average molecular weight is 933 g/mol. The molecule has 9 nitrogen and oxygen atoms in total. The number of hydrogen-bond donors (Lipinski definition) is 1. The van der Waals surface area contributed by atoms with Gasteiger partial charge in [0.05, 0.1) is 59.0 Å². The Bertz CT molecular complexity index is 1180. The van der Waals surface area contributed by atoms with Crippen LogP contribution in [0.25, 0.3) is 0 Å².